The van der Waals surface area contributed by atoms with Gasteiger partial charge >= 0.3 is 0 Å². The van der Waals surface area contributed by atoms with Crippen LogP contribution in [0.1, 0.15) is 36.5 Å². The Morgan fingerprint density at radius 3 is 2.62 bits per heavy atom. The minimum atomic E-state index is 0.532. The van der Waals surface area contributed by atoms with Gasteiger partial charge in [-0.25, -0.2) is 0 Å². The summed E-state index contributed by atoms with van der Waals surface area (Å²) in [5.41, 5.74) is 12.2. The van der Waals surface area contributed by atoms with Gasteiger partial charge in [-0.15, -0.1) is 0 Å². The number of fused-ring (bicyclic) bond motifs is 1. The lowest BCUT2D eigenvalue weighted by Crippen LogP contribution is -2.00. The van der Waals surface area contributed by atoms with E-state index in [1.807, 2.05) is 0 Å². The predicted molar refractivity (Wildman–Crippen MR) is 87.6 cm³/mol. The Morgan fingerprint density at radius 1 is 1.10 bits per heavy atom. The molecule has 0 fully saturated rings. The van der Waals surface area contributed by atoms with Gasteiger partial charge in [0.1, 0.15) is 5.75 Å². The molecule has 1 heterocycles. The minimum absolute atomic E-state index is 0.532. The first kappa shape index (κ1) is 14.2. The predicted octanol–water partition coefficient (Wildman–Crippen LogP) is 4.09. The van der Waals surface area contributed by atoms with Crippen molar-refractivity contribution in [1.29, 1.82) is 0 Å². The van der Waals surface area contributed by atoms with Gasteiger partial charge in [-0.1, -0.05) is 37.6 Å². The van der Waals surface area contributed by atoms with E-state index in [1.165, 1.54) is 41.5 Å². The van der Waals surface area contributed by atoms with Crippen molar-refractivity contribution < 1.29 is 4.74 Å². The fourth-order valence-corrected chi connectivity index (χ4v) is 2.95. The van der Waals surface area contributed by atoms with Crippen LogP contribution in [0.4, 0.5) is 0 Å². The number of hydrogen-bond donors (Lipinski definition) is 1. The molecule has 0 amide bonds. The van der Waals surface area contributed by atoms with Crippen molar-refractivity contribution in [3.05, 3.63) is 53.1 Å². The van der Waals surface area contributed by atoms with Gasteiger partial charge in [-0.3, -0.25) is 0 Å². The Hall–Kier alpha value is -1.80. The Morgan fingerprint density at radius 2 is 1.90 bits per heavy atom. The monoisotopic (exact) mass is 281 g/mol. The highest BCUT2D eigenvalue weighted by Crippen LogP contribution is 2.34. The number of benzene rings is 2. The number of ether oxygens (including phenoxy) is 1. The summed E-state index contributed by atoms with van der Waals surface area (Å²) in [5, 5.41) is 0. The second-order valence-corrected chi connectivity index (χ2v) is 5.73. The summed E-state index contributed by atoms with van der Waals surface area (Å²) in [6.45, 7) is 3.54. The zero-order valence-corrected chi connectivity index (χ0v) is 12.7. The Kier molecular flexibility index (Phi) is 4.26. The second-order valence-electron chi connectivity index (χ2n) is 5.73. The van der Waals surface area contributed by atoms with Crippen molar-refractivity contribution in [2.75, 3.05) is 6.61 Å². The third-order valence-electron chi connectivity index (χ3n) is 4.19. The first-order valence-electron chi connectivity index (χ1n) is 7.89. The van der Waals surface area contributed by atoms with Gasteiger partial charge in [-0.05, 0) is 47.2 Å². The fraction of sp³-hybridized carbons (Fsp3) is 0.368. The molecule has 0 unspecified atom stereocenters. The van der Waals surface area contributed by atoms with Gasteiger partial charge < -0.3 is 10.5 Å². The molecule has 110 valence electrons. The molecule has 0 saturated carbocycles. The van der Waals surface area contributed by atoms with Gasteiger partial charge in [0.15, 0.2) is 0 Å². The molecule has 2 nitrogen and oxygen atoms in total. The summed E-state index contributed by atoms with van der Waals surface area (Å²) in [7, 11) is 0. The topological polar surface area (TPSA) is 35.2 Å². The highest BCUT2D eigenvalue weighted by Gasteiger charge is 2.17. The number of hydrogen-bond acceptors (Lipinski definition) is 2. The molecule has 2 heteroatoms. The molecule has 0 aromatic heterocycles. The lowest BCUT2D eigenvalue weighted by atomic mass is 9.97. The van der Waals surface area contributed by atoms with Crippen molar-refractivity contribution in [2.24, 2.45) is 5.73 Å². The molecule has 0 aliphatic carbocycles. The molecule has 2 aromatic rings. The van der Waals surface area contributed by atoms with Crippen LogP contribution in [0.25, 0.3) is 11.1 Å². The maximum Gasteiger partial charge on any atom is 0.127 e. The maximum absolute atomic E-state index is 5.87. The van der Waals surface area contributed by atoms with Crippen LogP contribution in [-0.4, -0.2) is 6.61 Å². The van der Waals surface area contributed by atoms with Gasteiger partial charge in [0, 0.05) is 18.5 Å². The first-order valence-corrected chi connectivity index (χ1v) is 7.89. The van der Waals surface area contributed by atoms with Crippen molar-refractivity contribution in [3.8, 4) is 16.9 Å². The smallest absolute Gasteiger partial charge is 0.127 e. The molecule has 1 aliphatic rings. The Bertz CT molecular complexity index is 616. The summed E-state index contributed by atoms with van der Waals surface area (Å²) in [5.74, 6) is 1.01. The van der Waals surface area contributed by atoms with E-state index in [-0.39, 0.29) is 0 Å². The van der Waals surface area contributed by atoms with Crippen LogP contribution in [0.15, 0.2) is 36.4 Å². The van der Waals surface area contributed by atoms with Crippen molar-refractivity contribution in [2.45, 2.75) is 39.2 Å². The summed E-state index contributed by atoms with van der Waals surface area (Å²) in [4.78, 5) is 0. The van der Waals surface area contributed by atoms with Crippen LogP contribution >= 0.6 is 0 Å². The number of aryl methyl sites for hydroxylation is 1. The molecule has 1 aliphatic heterocycles. The van der Waals surface area contributed by atoms with Crippen LogP contribution in [-0.2, 0) is 19.4 Å². The molecular formula is C19H23NO. The second kappa shape index (κ2) is 6.31. The van der Waals surface area contributed by atoms with Gasteiger partial charge in [0.2, 0.25) is 0 Å². The molecule has 21 heavy (non-hydrogen) atoms. The van der Waals surface area contributed by atoms with Crippen molar-refractivity contribution in [1.82, 2.24) is 0 Å². The quantitative estimate of drug-likeness (QED) is 0.896. The molecule has 2 aromatic carbocycles. The molecule has 0 atom stereocenters. The lowest BCUT2D eigenvalue weighted by molar-refractivity contribution is 0.353. The summed E-state index contributed by atoms with van der Waals surface area (Å²) in [6, 6.07) is 13.4. The van der Waals surface area contributed by atoms with Gasteiger partial charge in [-0.2, -0.15) is 0 Å². The van der Waals surface area contributed by atoms with Crippen LogP contribution in [0.5, 0.6) is 5.75 Å². The largest absolute Gasteiger partial charge is 0.493 e. The third kappa shape index (κ3) is 2.96. The molecule has 2 N–H and O–H groups in total. The van der Waals surface area contributed by atoms with Crippen LogP contribution in [0.3, 0.4) is 0 Å². The van der Waals surface area contributed by atoms with E-state index in [4.69, 9.17) is 10.5 Å². The SMILES string of the molecule is CCCCc1ccc(-c2cc(CN)c3c(c2)CCO3)cc1. The third-order valence-corrected chi connectivity index (χ3v) is 4.19. The minimum Gasteiger partial charge on any atom is -0.493 e. The summed E-state index contributed by atoms with van der Waals surface area (Å²) < 4.78 is 5.69. The van der Waals surface area contributed by atoms with E-state index >= 15 is 0 Å². The molecular weight excluding hydrogens is 258 g/mol. The van der Waals surface area contributed by atoms with Crippen LogP contribution in [0, 0.1) is 0 Å². The van der Waals surface area contributed by atoms with Crippen molar-refractivity contribution in [3.63, 3.8) is 0 Å². The van der Waals surface area contributed by atoms with E-state index in [0.29, 0.717) is 6.54 Å². The summed E-state index contributed by atoms with van der Waals surface area (Å²) in [6.07, 6.45) is 4.66. The lowest BCUT2D eigenvalue weighted by Gasteiger charge is -2.10. The van der Waals surface area contributed by atoms with E-state index in [2.05, 4.69) is 43.3 Å². The van der Waals surface area contributed by atoms with E-state index < -0.39 is 0 Å². The van der Waals surface area contributed by atoms with E-state index in [0.717, 1.165) is 24.3 Å². The normalized spacial score (nSPS) is 13.0. The molecule has 0 spiro atoms. The number of nitrogens with two attached hydrogens (primary N) is 1. The zero-order chi connectivity index (χ0) is 14.7. The summed E-state index contributed by atoms with van der Waals surface area (Å²) >= 11 is 0. The van der Waals surface area contributed by atoms with E-state index in [9.17, 15) is 0 Å². The van der Waals surface area contributed by atoms with Gasteiger partial charge in [0.05, 0.1) is 6.61 Å². The first-order chi connectivity index (χ1) is 10.3. The highest BCUT2D eigenvalue weighted by molar-refractivity contribution is 5.68. The molecule has 0 saturated heterocycles. The van der Waals surface area contributed by atoms with Gasteiger partial charge in [0.25, 0.3) is 0 Å². The maximum atomic E-state index is 5.87. The average molecular weight is 281 g/mol. The molecule has 0 radical (unpaired) electrons. The zero-order valence-electron chi connectivity index (χ0n) is 12.7. The van der Waals surface area contributed by atoms with Crippen LogP contribution < -0.4 is 10.5 Å². The average Bonchev–Trinajstić information content (AvgIpc) is 3.01. The fourth-order valence-electron chi connectivity index (χ4n) is 2.95. The Balaban J connectivity index is 1.90. The molecule has 3 rings (SSSR count). The number of unbranched alkanes of at least 4 members (excludes halogenated alkanes) is 1. The molecule has 0 bridgehead atoms. The number of rotatable bonds is 5. The van der Waals surface area contributed by atoms with Crippen molar-refractivity contribution >= 4 is 0 Å². The highest BCUT2D eigenvalue weighted by atomic mass is 16.5. The van der Waals surface area contributed by atoms with Crippen LogP contribution in [0.2, 0.25) is 0 Å². The van der Waals surface area contributed by atoms with E-state index in [1.54, 1.807) is 0 Å². The standard InChI is InChI=1S/C19H23NO/c1-2-3-4-14-5-7-15(8-6-14)17-11-16-9-10-21-19(16)18(12-17)13-20/h5-8,11-12H,2-4,9-10,13,20H2,1H3. The Labute approximate surface area is 126 Å².